The van der Waals surface area contributed by atoms with Crippen LogP contribution in [0.15, 0.2) is 0 Å². The summed E-state index contributed by atoms with van der Waals surface area (Å²) in [5.74, 6) is 0. The van der Waals surface area contributed by atoms with E-state index < -0.39 is 0 Å². The number of nitrogens with zero attached hydrogens (tertiary/aromatic N) is 1. The van der Waals surface area contributed by atoms with Crippen molar-refractivity contribution >= 4 is 0 Å². The molecule has 0 saturated carbocycles. The molecule has 0 amide bonds. The third-order valence-corrected chi connectivity index (χ3v) is 7.09. The highest BCUT2D eigenvalue weighted by Gasteiger charge is 2.65. The number of quaternary nitrogens is 1. The molecule has 0 aliphatic carbocycles. The predicted octanol–water partition coefficient (Wildman–Crippen LogP) is 6.38. The van der Waals surface area contributed by atoms with Gasteiger partial charge in [-0.3, -0.25) is 0 Å². The van der Waals surface area contributed by atoms with E-state index in [0.29, 0.717) is 0 Å². The van der Waals surface area contributed by atoms with Gasteiger partial charge in [0.25, 0.3) is 0 Å². The van der Waals surface area contributed by atoms with E-state index in [1.165, 1.54) is 30.2 Å². The van der Waals surface area contributed by atoms with Gasteiger partial charge in [-0.15, -0.1) is 0 Å². The molecule has 0 spiro atoms. The van der Waals surface area contributed by atoms with E-state index in [4.69, 9.17) is 0 Å². The summed E-state index contributed by atoms with van der Waals surface area (Å²) in [5.41, 5.74) is 0.994. The average molecular weight is 316 g/mol. The molecule has 0 aliphatic heterocycles. The second-order valence-electron chi connectivity index (χ2n) is 9.33. The molecule has 0 heterocycles. The molecule has 2 nitrogen and oxygen atoms in total. The molecular formula is C20H45NO. The van der Waals surface area contributed by atoms with E-state index in [-0.39, 0.29) is 27.6 Å². The van der Waals surface area contributed by atoms with Gasteiger partial charge in [0.15, 0.2) is 0 Å². The molecule has 0 unspecified atom stereocenters. The van der Waals surface area contributed by atoms with Gasteiger partial charge in [0.2, 0.25) is 0 Å². The van der Waals surface area contributed by atoms with Crippen LogP contribution in [0.25, 0.3) is 0 Å². The van der Waals surface area contributed by atoms with Crippen molar-refractivity contribution in [2.45, 2.75) is 131 Å². The van der Waals surface area contributed by atoms with Crippen LogP contribution in [0.1, 0.15) is 109 Å². The molecule has 0 aromatic rings. The first-order chi connectivity index (χ1) is 9.24. The van der Waals surface area contributed by atoms with Gasteiger partial charge in [0.05, 0.1) is 22.2 Å². The van der Waals surface area contributed by atoms with Crippen LogP contribution in [-0.4, -0.2) is 32.1 Å². The summed E-state index contributed by atoms with van der Waals surface area (Å²) in [5, 5.41) is 0. The lowest BCUT2D eigenvalue weighted by Crippen LogP contribution is -2.84. The Labute approximate surface area is 141 Å². The smallest absolute Gasteiger partial charge is 0.0944 e. The van der Waals surface area contributed by atoms with Crippen LogP contribution in [0, 0.1) is 0 Å². The van der Waals surface area contributed by atoms with E-state index in [0.717, 1.165) is 0 Å². The molecular weight excluding hydrogens is 270 g/mol. The normalized spacial score (nSPS) is 14.7. The summed E-state index contributed by atoms with van der Waals surface area (Å²) in [6.45, 7) is 29.5. The fourth-order valence-electron chi connectivity index (χ4n) is 5.86. The maximum atomic E-state index is 2.50. The van der Waals surface area contributed by atoms with Crippen molar-refractivity contribution in [3.63, 3.8) is 0 Å². The highest BCUT2D eigenvalue weighted by Crippen LogP contribution is 2.54. The maximum Gasteiger partial charge on any atom is 0.0944 e. The van der Waals surface area contributed by atoms with E-state index in [9.17, 15) is 0 Å². The molecule has 0 aliphatic rings. The minimum Gasteiger partial charge on any atom is -0.870 e. The minimum absolute atomic E-state index is 0. The highest BCUT2D eigenvalue weighted by atomic mass is 16.0. The van der Waals surface area contributed by atoms with Crippen molar-refractivity contribution in [2.24, 2.45) is 0 Å². The van der Waals surface area contributed by atoms with Crippen LogP contribution >= 0.6 is 0 Å². The van der Waals surface area contributed by atoms with Crippen molar-refractivity contribution in [3.8, 4) is 0 Å². The second kappa shape index (κ2) is 7.21. The molecule has 0 rings (SSSR count). The summed E-state index contributed by atoms with van der Waals surface area (Å²) < 4.78 is 1.18. The third-order valence-electron chi connectivity index (χ3n) is 7.09. The SMILES string of the molecule is CCC(C)(C)[N+](C(C)(C)CC)(C(C)(C)CC)C(C)(C)CC.[OH-]. The third kappa shape index (κ3) is 3.11. The van der Waals surface area contributed by atoms with Gasteiger partial charge in [-0.05, 0) is 81.1 Å². The van der Waals surface area contributed by atoms with Gasteiger partial charge in [0, 0.05) is 0 Å². The Balaban J connectivity index is 0. The first kappa shape index (κ1) is 24.2. The van der Waals surface area contributed by atoms with Gasteiger partial charge in [-0.1, -0.05) is 27.7 Å². The Hall–Kier alpha value is -0.0800. The van der Waals surface area contributed by atoms with Crippen LogP contribution in [-0.2, 0) is 0 Å². The number of hydrogen-bond donors (Lipinski definition) is 0. The Kier molecular flexibility index (Phi) is 7.93. The fourth-order valence-corrected chi connectivity index (χ4v) is 5.86. The standard InChI is InChI=1S/C20H44N.H2O/c1-13-17(5,6)21(18(7,8)14-2,19(9,10)15-3)20(11,12)16-4;/h13-16H2,1-12H3;1H2/q+1;/p-1. The average Bonchev–Trinajstić information content (AvgIpc) is 2.37. The van der Waals surface area contributed by atoms with Crippen molar-refractivity contribution < 1.29 is 9.96 Å². The maximum absolute atomic E-state index is 2.50. The van der Waals surface area contributed by atoms with Crippen LogP contribution < -0.4 is 0 Å². The Morgan fingerprint density at radius 3 is 0.682 bits per heavy atom. The van der Waals surface area contributed by atoms with E-state index >= 15 is 0 Å². The monoisotopic (exact) mass is 315 g/mol. The Bertz CT molecular complexity index is 270. The van der Waals surface area contributed by atoms with Crippen molar-refractivity contribution in [2.75, 3.05) is 0 Å². The molecule has 1 N–H and O–H groups in total. The molecule has 0 atom stereocenters. The van der Waals surface area contributed by atoms with Gasteiger partial charge >= 0.3 is 0 Å². The first-order valence-corrected chi connectivity index (χ1v) is 9.14. The number of rotatable bonds is 8. The molecule has 22 heavy (non-hydrogen) atoms. The molecule has 0 radical (unpaired) electrons. The second-order valence-corrected chi connectivity index (χ2v) is 9.33. The van der Waals surface area contributed by atoms with Gasteiger partial charge in [-0.2, -0.15) is 0 Å². The lowest BCUT2D eigenvalue weighted by atomic mass is 9.69. The van der Waals surface area contributed by atoms with Crippen molar-refractivity contribution in [1.29, 1.82) is 0 Å². The van der Waals surface area contributed by atoms with Crippen LogP contribution in [0.2, 0.25) is 0 Å². The van der Waals surface area contributed by atoms with Crippen molar-refractivity contribution in [1.82, 2.24) is 0 Å². The molecule has 0 bridgehead atoms. The van der Waals surface area contributed by atoms with Gasteiger partial charge < -0.3 is 9.96 Å². The molecule has 0 fully saturated rings. The summed E-state index contributed by atoms with van der Waals surface area (Å²) in [6.07, 6.45) is 4.85. The molecule has 0 saturated heterocycles. The largest absolute Gasteiger partial charge is 0.870 e. The van der Waals surface area contributed by atoms with Crippen LogP contribution in [0.5, 0.6) is 0 Å². The predicted molar refractivity (Wildman–Crippen MR) is 99.7 cm³/mol. The zero-order chi connectivity index (χ0) is 17.3. The van der Waals surface area contributed by atoms with Crippen LogP contribution in [0.3, 0.4) is 0 Å². The minimum atomic E-state index is 0. The quantitative estimate of drug-likeness (QED) is 0.478. The molecule has 2 heteroatoms. The zero-order valence-electron chi connectivity index (χ0n) is 17.7. The lowest BCUT2D eigenvalue weighted by Gasteiger charge is -2.72. The highest BCUT2D eigenvalue weighted by molar-refractivity contribution is 4.93. The van der Waals surface area contributed by atoms with E-state index in [2.05, 4.69) is 83.1 Å². The first-order valence-electron chi connectivity index (χ1n) is 9.14. The van der Waals surface area contributed by atoms with Crippen molar-refractivity contribution in [3.05, 3.63) is 0 Å². The molecule has 136 valence electrons. The lowest BCUT2D eigenvalue weighted by molar-refractivity contribution is -1.09. The molecule has 0 aromatic heterocycles. The van der Waals surface area contributed by atoms with Gasteiger partial charge in [-0.25, -0.2) is 0 Å². The summed E-state index contributed by atoms with van der Waals surface area (Å²) in [6, 6.07) is 0. The summed E-state index contributed by atoms with van der Waals surface area (Å²) >= 11 is 0. The topological polar surface area (TPSA) is 30.0 Å². The van der Waals surface area contributed by atoms with E-state index in [1.807, 2.05) is 0 Å². The fraction of sp³-hybridized carbons (Fsp3) is 1.00. The number of hydrogen-bond acceptors (Lipinski definition) is 1. The van der Waals surface area contributed by atoms with Gasteiger partial charge in [0.1, 0.15) is 0 Å². The molecule has 0 aromatic carbocycles. The summed E-state index contributed by atoms with van der Waals surface area (Å²) in [7, 11) is 0. The van der Waals surface area contributed by atoms with Crippen LogP contribution in [0.4, 0.5) is 0 Å². The summed E-state index contributed by atoms with van der Waals surface area (Å²) in [4.78, 5) is 0. The zero-order valence-corrected chi connectivity index (χ0v) is 17.7. The van der Waals surface area contributed by atoms with E-state index in [1.54, 1.807) is 0 Å². The Morgan fingerprint density at radius 1 is 0.455 bits per heavy atom. The Morgan fingerprint density at radius 2 is 0.591 bits per heavy atom.